The molecule has 3 aliphatic rings. The largest absolute Gasteiger partial charge is 0.458 e. The van der Waals surface area contributed by atoms with Gasteiger partial charge in [0.2, 0.25) is 35.4 Å². The molecule has 2 aromatic carbocycles. The molecule has 7 atom stereocenters. The van der Waals surface area contributed by atoms with Crippen molar-refractivity contribution in [1.29, 1.82) is 0 Å². The van der Waals surface area contributed by atoms with Crippen LogP contribution in [0.3, 0.4) is 0 Å². The summed E-state index contributed by atoms with van der Waals surface area (Å²) in [5.41, 5.74) is 1.76. The number of nitrogens with one attached hydrogen (secondary N) is 3. The molecule has 0 radical (unpaired) electrons. The van der Waals surface area contributed by atoms with Crippen LogP contribution in [0.1, 0.15) is 70.1 Å². The highest BCUT2D eigenvalue weighted by Gasteiger charge is 2.45. The minimum atomic E-state index is -1.60. The molecule has 0 saturated carbocycles. The van der Waals surface area contributed by atoms with Crippen molar-refractivity contribution in [2.45, 2.75) is 115 Å². The maximum atomic E-state index is 14.5. The molecule has 3 fully saturated rings. The highest BCUT2D eigenvalue weighted by atomic mass is 19.1. The molecule has 2 aromatic rings. The highest BCUT2D eigenvalue weighted by Crippen LogP contribution is 2.25. The van der Waals surface area contributed by atoms with Gasteiger partial charge < -0.3 is 35.4 Å². The van der Waals surface area contributed by atoms with E-state index in [9.17, 15) is 42.3 Å². The summed E-state index contributed by atoms with van der Waals surface area (Å²) in [6.07, 6.45) is 0.320. The molecular weight excluding hydrogens is 730 g/mol. The van der Waals surface area contributed by atoms with Crippen LogP contribution in [-0.4, -0.2) is 119 Å². The SMILES string of the molecule is CCc1ccc(CC(=O)N[C@@H](Cc2cc(F)cc(F)c2)C(=O)N[C@@H]2C(=O)N3CCC[C@H]3C(=O)N(C)[C@@H](C)C(=O)N[C@@H](C)C(=O)N3CCCC3C(=O)O[C@H]2C)cc1. The number of hydrogen-bond donors (Lipinski definition) is 3. The minimum absolute atomic E-state index is 0.0469. The number of nitrogens with zero attached hydrogens (tertiary/aromatic N) is 3. The molecule has 5 rings (SSSR count). The fraction of sp³-hybridized carbons (Fsp3) is 0.525. The van der Waals surface area contributed by atoms with Crippen LogP contribution >= 0.6 is 0 Å². The number of ether oxygens (including phenoxy) is 1. The molecule has 3 saturated heterocycles. The van der Waals surface area contributed by atoms with Crippen LogP contribution in [0.4, 0.5) is 8.78 Å². The summed E-state index contributed by atoms with van der Waals surface area (Å²) in [7, 11) is 1.42. The fourth-order valence-corrected chi connectivity index (χ4v) is 7.45. The number of carbonyl (C=O) groups is 7. The first-order chi connectivity index (χ1) is 26.6. The van der Waals surface area contributed by atoms with E-state index in [1.807, 2.05) is 19.1 Å². The molecule has 3 N–H and O–H groups in total. The van der Waals surface area contributed by atoms with Crippen LogP contribution in [-0.2, 0) is 57.6 Å². The average molecular weight is 781 g/mol. The lowest BCUT2D eigenvalue weighted by atomic mass is 10.0. The number of benzene rings is 2. The summed E-state index contributed by atoms with van der Waals surface area (Å²) < 4.78 is 34.4. The van der Waals surface area contributed by atoms with Crippen molar-refractivity contribution in [3.63, 3.8) is 0 Å². The molecule has 302 valence electrons. The lowest BCUT2D eigenvalue weighted by Gasteiger charge is -2.36. The van der Waals surface area contributed by atoms with Gasteiger partial charge >= 0.3 is 5.97 Å². The number of cyclic esters (lactones) is 1. The lowest BCUT2D eigenvalue weighted by molar-refractivity contribution is -0.162. The number of hydrogen-bond acceptors (Lipinski definition) is 8. The van der Waals surface area contributed by atoms with E-state index in [0.29, 0.717) is 24.5 Å². The van der Waals surface area contributed by atoms with Crippen molar-refractivity contribution in [3.8, 4) is 0 Å². The summed E-state index contributed by atoms with van der Waals surface area (Å²) in [4.78, 5) is 100. The molecule has 14 nitrogen and oxygen atoms in total. The Kier molecular flexibility index (Phi) is 13.4. The van der Waals surface area contributed by atoms with Gasteiger partial charge in [0, 0.05) is 32.6 Å². The summed E-state index contributed by atoms with van der Waals surface area (Å²) in [6, 6.07) is 2.83. The Labute approximate surface area is 324 Å². The van der Waals surface area contributed by atoms with Crippen LogP contribution < -0.4 is 16.0 Å². The minimum Gasteiger partial charge on any atom is -0.458 e. The van der Waals surface area contributed by atoms with Gasteiger partial charge in [0.25, 0.3) is 0 Å². The van der Waals surface area contributed by atoms with Crippen molar-refractivity contribution in [2.75, 3.05) is 20.1 Å². The second kappa shape index (κ2) is 18.0. The zero-order chi connectivity index (χ0) is 40.8. The third-order valence-electron chi connectivity index (χ3n) is 10.8. The normalized spacial score (nSPS) is 25.6. The number of fused-ring (bicyclic) bond motifs is 2. The van der Waals surface area contributed by atoms with E-state index in [2.05, 4.69) is 16.0 Å². The van der Waals surface area contributed by atoms with Gasteiger partial charge in [0.05, 0.1) is 6.42 Å². The van der Waals surface area contributed by atoms with Gasteiger partial charge in [-0.25, -0.2) is 13.6 Å². The summed E-state index contributed by atoms with van der Waals surface area (Å²) in [6.45, 7) is 6.68. The van der Waals surface area contributed by atoms with Crippen LogP contribution in [0.25, 0.3) is 0 Å². The van der Waals surface area contributed by atoms with E-state index in [1.54, 1.807) is 12.1 Å². The molecule has 6 amide bonds. The predicted molar refractivity (Wildman–Crippen MR) is 198 cm³/mol. The van der Waals surface area contributed by atoms with Crippen molar-refractivity contribution in [3.05, 3.63) is 70.8 Å². The van der Waals surface area contributed by atoms with Crippen molar-refractivity contribution in [2.24, 2.45) is 0 Å². The Hall–Kier alpha value is -5.41. The van der Waals surface area contributed by atoms with Gasteiger partial charge in [-0.15, -0.1) is 0 Å². The first-order valence-electron chi connectivity index (χ1n) is 19.1. The van der Waals surface area contributed by atoms with Crippen molar-refractivity contribution in [1.82, 2.24) is 30.7 Å². The quantitative estimate of drug-likeness (QED) is 0.339. The molecule has 0 spiro atoms. The summed E-state index contributed by atoms with van der Waals surface area (Å²) >= 11 is 0. The molecule has 1 unspecified atom stereocenters. The van der Waals surface area contributed by atoms with Crippen molar-refractivity contribution < 1.29 is 47.1 Å². The van der Waals surface area contributed by atoms with Crippen molar-refractivity contribution >= 4 is 41.4 Å². The third kappa shape index (κ3) is 9.69. The van der Waals surface area contributed by atoms with Gasteiger partial charge in [-0.05, 0) is 81.7 Å². The molecule has 56 heavy (non-hydrogen) atoms. The Morgan fingerprint density at radius 2 is 1.43 bits per heavy atom. The van der Waals surface area contributed by atoms with Gasteiger partial charge in [-0.1, -0.05) is 31.2 Å². The van der Waals surface area contributed by atoms with Gasteiger partial charge in [0.15, 0.2) is 0 Å². The van der Waals surface area contributed by atoms with E-state index in [0.717, 1.165) is 24.1 Å². The molecule has 0 bridgehead atoms. The first-order valence-corrected chi connectivity index (χ1v) is 19.1. The topological polar surface area (TPSA) is 175 Å². The zero-order valence-electron chi connectivity index (χ0n) is 32.3. The number of amides is 6. The summed E-state index contributed by atoms with van der Waals surface area (Å²) in [5, 5.41) is 7.90. The predicted octanol–water partition coefficient (Wildman–Crippen LogP) is 1.56. The van der Waals surface area contributed by atoms with Gasteiger partial charge in [0.1, 0.15) is 54.0 Å². The molecular formula is C40H50F2N6O8. The Morgan fingerprint density at radius 1 is 0.839 bits per heavy atom. The van der Waals surface area contributed by atoms with E-state index in [4.69, 9.17) is 4.74 Å². The van der Waals surface area contributed by atoms with E-state index in [1.165, 1.54) is 42.5 Å². The fourth-order valence-electron chi connectivity index (χ4n) is 7.45. The average Bonchev–Trinajstić information content (AvgIpc) is 3.86. The van der Waals surface area contributed by atoms with Crippen LogP contribution in [0.5, 0.6) is 0 Å². The highest BCUT2D eigenvalue weighted by molar-refractivity contribution is 5.97. The second-order valence-corrected chi connectivity index (χ2v) is 14.8. The Balaban J connectivity index is 1.48. The lowest BCUT2D eigenvalue weighted by Crippen LogP contribution is -2.62. The molecule has 0 aromatic heterocycles. The van der Waals surface area contributed by atoms with E-state index < -0.39 is 95.4 Å². The zero-order valence-corrected chi connectivity index (χ0v) is 32.3. The number of aryl methyl sites for hydroxylation is 1. The Bertz CT molecular complexity index is 1820. The Morgan fingerprint density at radius 3 is 2.05 bits per heavy atom. The van der Waals surface area contributed by atoms with Gasteiger partial charge in [-0.2, -0.15) is 0 Å². The summed E-state index contributed by atoms with van der Waals surface area (Å²) in [5.74, 6) is -6.59. The maximum absolute atomic E-state index is 14.5. The third-order valence-corrected chi connectivity index (χ3v) is 10.8. The monoisotopic (exact) mass is 780 g/mol. The number of carbonyl (C=O) groups excluding carboxylic acids is 7. The number of likely N-dealkylation sites (N-methyl/N-ethyl adjacent to an activating group) is 1. The van der Waals surface area contributed by atoms with E-state index >= 15 is 0 Å². The molecule has 3 heterocycles. The van der Waals surface area contributed by atoms with Crippen LogP contribution in [0, 0.1) is 11.6 Å². The standard InChI is InChI=1S/C40H50F2N6O8/c1-6-25-11-13-26(14-12-25)20-33(49)44-30(19-27-17-28(41)21-29(42)18-27)36(51)45-34-24(4)56-40(55)32-10-8-16-48(32)37(52)22(2)43-35(50)23(3)46(5)38(53)31-9-7-15-47(31)39(34)54/h11-14,17-18,21-24,30-32,34H,6-10,15-16,19-20H2,1-5H3,(H,43,50)(H,44,49)(H,45,51)/t22-,23-,24-,30-,31-,32?,34-/m0/s1. The van der Waals surface area contributed by atoms with Gasteiger partial charge in [-0.3, -0.25) is 28.8 Å². The second-order valence-electron chi connectivity index (χ2n) is 14.8. The number of rotatable bonds is 8. The van der Waals surface area contributed by atoms with E-state index in [-0.39, 0.29) is 44.3 Å². The number of esters is 1. The molecule has 3 aliphatic heterocycles. The maximum Gasteiger partial charge on any atom is 0.329 e. The van der Waals surface area contributed by atoms with Crippen LogP contribution in [0.2, 0.25) is 0 Å². The molecule has 0 aliphatic carbocycles. The smallest absolute Gasteiger partial charge is 0.329 e. The number of halogens is 2. The first kappa shape index (κ1) is 41.7. The molecule has 16 heteroatoms. The van der Waals surface area contributed by atoms with Crippen LogP contribution in [0.15, 0.2) is 42.5 Å².